The Labute approximate surface area is 163 Å². The Morgan fingerprint density at radius 1 is 1.20 bits per heavy atom. The van der Waals surface area contributed by atoms with E-state index in [0.29, 0.717) is 5.69 Å². The summed E-state index contributed by atoms with van der Waals surface area (Å²) >= 11 is 7.76. The summed E-state index contributed by atoms with van der Waals surface area (Å²) in [4.78, 5) is 5.59. The zero-order chi connectivity index (χ0) is 18.6. The largest absolute Gasteiger partial charge is 0.394 e. The number of aliphatic hydroxyl groups is 2. The number of benzene rings is 2. The molecule has 0 aromatic heterocycles. The predicted octanol–water partition coefficient (Wildman–Crippen LogP) is 4.34. The molecule has 8 heteroatoms. The number of hydrogen-bond acceptors (Lipinski definition) is 4. The molecular weight excluding hydrogens is 467 g/mol. The van der Waals surface area contributed by atoms with Crippen LogP contribution in [0.2, 0.25) is 5.02 Å². The lowest BCUT2D eigenvalue weighted by Gasteiger charge is -2.26. The van der Waals surface area contributed by atoms with Gasteiger partial charge in [0.1, 0.15) is 5.69 Å². The minimum atomic E-state index is -1.16. The van der Waals surface area contributed by atoms with Crippen LogP contribution in [0, 0.1) is 22.1 Å². The minimum Gasteiger partial charge on any atom is -0.394 e. The summed E-state index contributed by atoms with van der Waals surface area (Å²) in [5, 5.41) is 19.2. The van der Waals surface area contributed by atoms with Crippen LogP contribution in [0.5, 0.6) is 0 Å². The number of anilines is 2. The average Bonchev–Trinajstić information content (AvgIpc) is 2.58. The molecule has 0 amide bonds. The fourth-order valence-corrected chi connectivity index (χ4v) is 2.95. The van der Waals surface area contributed by atoms with Crippen molar-refractivity contribution in [3.8, 4) is 0 Å². The van der Waals surface area contributed by atoms with E-state index < -0.39 is 24.3 Å². The van der Waals surface area contributed by atoms with Crippen LogP contribution in [0.15, 0.2) is 30.3 Å². The van der Waals surface area contributed by atoms with Gasteiger partial charge >= 0.3 is 0 Å². The van der Waals surface area contributed by atoms with E-state index in [9.17, 15) is 13.9 Å². The van der Waals surface area contributed by atoms with Crippen molar-refractivity contribution in [2.75, 3.05) is 18.3 Å². The molecule has 0 saturated heterocycles. The summed E-state index contributed by atoms with van der Waals surface area (Å²) in [6, 6.07) is 7.98. The first kappa shape index (κ1) is 20.3. The highest BCUT2D eigenvalue weighted by Crippen LogP contribution is 2.34. The normalized spacial score (nSPS) is 12.3. The Balaban J connectivity index is 2.40. The van der Waals surface area contributed by atoms with Crippen molar-refractivity contribution in [1.82, 2.24) is 0 Å². The highest BCUT2D eigenvalue weighted by molar-refractivity contribution is 14.1. The molecule has 4 nitrogen and oxygen atoms in total. The maximum Gasteiger partial charge on any atom is 0.186 e. The molecule has 25 heavy (non-hydrogen) atoms. The lowest BCUT2D eigenvalue weighted by Crippen LogP contribution is -2.24. The first-order valence-electron chi connectivity index (χ1n) is 7.46. The molecule has 0 spiro atoms. The second-order valence-electron chi connectivity index (χ2n) is 5.38. The Kier molecular flexibility index (Phi) is 7.38. The second kappa shape index (κ2) is 9.09. The van der Waals surface area contributed by atoms with Crippen LogP contribution < -0.4 is 5.06 Å². The topological polar surface area (TPSA) is 52.9 Å². The van der Waals surface area contributed by atoms with Crippen molar-refractivity contribution in [2.45, 2.75) is 19.4 Å². The van der Waals surface area contributed by atoms with Crippen LogP contribution in [0.3, 0.4) is 0 Å². The first-order valence-corrected chi connectivity index (χ1v) is 8.92. The van der Waals surface area contributed by atoms with Crippen LogP contribution in [0.1, 0.15) is 12.0 Å². The third-order valence-electron chi connectivity index (χ3n) is 3.49. The molecule has 0 saturated carbocycles. The van der Waals surface area contributed by atoms with Gasteiger partial charge in [0.2, 0.25) is 0 Å². The van der Waals surface area contributed by atoms with Gasteiger partial charge < -0.3 is 10.2 Å². The van der Waals surface area contributed by atoms with Crippen molar-refractivity contribution < 1.29 is 23.8 Å². The Hall–Kier alpha value is -1.00. The minimum absolute atomic E-state index is 0.00314. The van der Waals surface area contributed by atoms with Gasteiger partial charge in [-0.3, -0.25) is 4.84 Å². The van der Waals surface area contributed by atoms with Gasteiger partial charge in [-0.05, 0) is 65.4 Å². The van der Waals surface area contributed by atoms with E-state index in [1.54, 1.807) is 6.07 Å². The summed E-state index contributed by atoms with van der Waals surface area (Å²) in [6.45, 7) is 1.41. The molecule has 2 rings (SSSR count). The van der Waals surface area contributed by atoms with Crippen molar-refractivity contribution in [3.63, 3.8) is 0 Å². The zero-order valence-corrected chi connectivity index (χ0v) is 16.3. The van der Waals surface area contributed by atoms with Crippen LogP contribution in [0.25, 0.3) is 0 Å². The summed E-state index contributed by atoms with van der Waals surface area (Å²) in [5.41, 5.74) is 1.19. The van der Waals surface area contributed by atoms with Crippen molar-refractivity contribution in [3.05, 3.63) is 56.1 Å². The lowest BCUT2D eigenvalue weighted by atomic mass is 10.2. The number of halogens is 4. The summed E-state index contributed by atoms with van der Waals surface area (Å²) in [5.74, 6) is -2.29. The van der Waals surface area contributed by atoms with Crippen molar-refractivity contribution in [2.24, 2.45) is 0 Å². The molecular formula is C17H17ClF2INO3. The average molecular weight is 484 g/mol. The van der Waals surface area contributed by atoms with Gasteiger partial charge in [0.05, 0.1) is 30.0 Å². The number of rotatable bonds is 7. The highest BCUT2D eigenvalue weighted by Gasteiger charge is 2.21. The quantitative estimate of drug-likeness (QED) is 0.349. The summed E-state index contributed by atoms with van der Waals surface area (Å²) in [6.07, 6.45) is -0.819. The van der Waals surface area contributed by atoms with Crippen LogP contribution in [-0.4, -0.2) is 29.5 Å². The van der Waals surface area contributed by atoms with E-state index in [4.69, 9.17) is 21.5 Å². The Morgan fingerprint density at radius 2 is 1.88 bits per heavy atom. The SMILES string of the molecule is Cc1cc(I)ccc1N(OCCC(O)CO)c1ccc(Cl)c(F)c1F. The maximum atomic E-state index is 14.4. The molecule has 1 unspecified atom stereocenters. The van der Waals surface area contributed by atoms with Gasteiger partial charge in [-0.25, -0.2) is 13.8 Å². The van der Waals surface area contributed by atoms with E-state index in [-0.39, 0.29) is 23.7 Å². The van der Waals surface area contributed by atoms with E-state index >= 15 is 0 Å². The molecule has 0 aliphatic carbocycles. The van der Waals surface area contributed by atoms with E-state index in [2.05, 4.69) is 22.6 Å². The molecule has 0 heterocycles. The van der Waals surface area contributed by atoms with E-state index in [1.807, 2.05) is 19.1 Å². The third kappa shape index (κ3) is 5.01. The van der Waals surface area contributed by atoms with Gasteiger partial charge in [0, 0.05) is 9.99 Å². The maximum absolute atomic E-state index is 14.4. The highest BCUT2D eigenvalue weighted by atomic mass is 127. The van der Waals surface area contributed by atoms with Gasteiger partial charge in [-0.2, -0.15) is 0 Å². The second-order valence-corrected chi connectivity index (χ2v) is 7.03. The molecule has 1 atom stereocenters. The fraction of sp³-hybridized carbons (Fsp3) is 0.294. The third-order valence-corrected chi connectivity index (χ3v) is 4.46. The van der Waals surface area contributed by atoms with Crippen LogP contribution in [-0.2, 0) is 4.84 Å². The number of hydrogen-bond donors (Lipinski definition) is 2. The molecule has 2 aromatic carbocycles. The number of aliphatic hydroxyl groups excluding tert-OH is 2. The van der Waals surface area contributed by atoms with E-state index in [0.717, 1.165) is 9.13 Å². The lowest BCUT2D eigenvalue weighted by molar-refractivity contribution is 0.0480. The molecule has 0 radical (unpaired) electrons. The predicted molar refractivity (Wildman–Crippen MR) is 101 cm³/mol. The summed E-state index contributed by atoms with van der Waals surface area (Å²) in [7, 11) is 0. The smallest absolute Gasteiger partial charge is 0.186 e. The molecule has 0 fully saturated rings. The van der Waals surface area contributed by atoms with Gasteiger partial charge in [-0.1, -0.05) is 11.6 Å². The monoisotopic (exact) mass is 483 g/mol. The van der Waals surface area contributed by atoms with E-state index in [1.165, 1.54) is 17.2 Å². The molecule has 0 bridgehead atoms. The number of aryl methyl sites for hydroxylation is 1. The Bertz CT molecular complexity index is 748. The molecule has 2 N–H and O–H groups in total. The fourth-order valence-electron chi connectivity index (χ4n) is 2.16. The first-order chi connectivity index (χ1) is 11.8. The van der Waals surface area contributed by atoms with Crippen molar-refractivity contribution in [1.29, 1.82) is 0 Å². The Morgan fingerprint density at radius 3 is 2.52 bits per heavy atom. The number of nitrogens with zero attached hydrogens (tertiary/aromatic N) is 1. The molecule has 0 aliphatic heterocycles. The zero-order valence-electron chi connectivity index (χ0n) is 13.3. The summed E-state index contributed by atoms with van der Waals surface area (Å²) < 4.78 is 29.2. The standard InChI is InChI=1S/C17H17ClF2INO3/c1-10-8-11(21)2-4-14(10)22(25-7-6-12(24)9-23)15-5-3-13(18)16(19)17(15)20/h2-5,8,12,23-24H,6-7,9H2,1H3. The van der Waals surface area contributed by atoms with Crippen molar-refractivity contribution >= 4 is 45.6 Å². The van der Waals surface area contributed by atoms with Crippen LogP contribution >= 0.6 is 34.2 Å². The van der Waals surface area contributed by atoms with Gasteiger partial charge in [-0.15, -0.1) is 0 Å². The van der Waals surface area contributed by atoms with Gasteiger partial charge in [0.25, 0.3) is 0 Å². The molecule has 0 aliphatic rings. The van der Waals surface area contributed by atoms with Crippen LogP contribution in [0.4, 0.5) is 20.2 Å². The molecule has 136 valence electrons. The van der Waals surface area contributed by atoms with Gasteiger partial charge in [0.15, 0.2) is 11.6 Å². The molecule has 2 aromatic rings.